The maximum atomic E-state index is 12.5. The Morgan fingerprint density at radius 1 is 1.20 bits per heavy atom. The molecule has 1 rings (SSSR count). The first-order valence-corrected chi connectivity index (χ1v) is 5.06. The topological polar surface area (TPSA) is 0 Å². The van der Waals surface area contributed by atoms with E-state index in [4.69, 9.17) is 0 Å². The molecule has 0 aliphatic carbocycles. The highest BCUT2D eigenvalue weighted by Gasteiger charge is 2.31. The average Bonchev–Trinajstić information content (AvgIpc) is 2.15. The highest BCUT2D eigenvalue weighted by Crippen LogP contribution is 2.32. The fourth-order valence-corrected chi connectivity index (χ4v) is 1.63. The van der Waals surface area contributed by atoms with Gasteiger partial charge in [0.05, 0.1) is 5.56 Å². The van der Waals surface area contributed by atoms with Crippen molar-refractivity contribution in [3.8, 4) is 0 Å². The lowest BCUT2D eigenvalue weighted by atomic mass is 9.93. The van der Waals surface area contributed by atoms with Gasteiger partial charge in [-0.25, -0.2) is 0 Å². The van der Waals surface area contributed by atoms with E-state index >= 15 is 0 Å². The first-order valence-electron chi connectivity index (χ1n) is 5.06. The van der Waals surface area contributed by atoms with Crippen molar-refractivity contribution in [2.24, 2.45) is 0 Å². The molecule has 1 aromatic carbocycles. The number of rotatable bonds is 2. The second-order valence-electron chi connectivity index (χ2n) is 3.92. The summed E-state index contributed by atoms with van der Waals surface area (Å²) in [7, 11) is 0. The highest BCUT2D eigenvalue weighted by atomic mass is 19.4. The van der Waals surface area contributed by atoms with Gasteiger partial charge in [0, 0.05) is 0 Å². The van der Waals surface area contributed by atoms with Gasteiger partial charge in [-0.05, 0) is 35.6 Å². The quantitative estimate of drug-likeness (QED) is 0.687. The second kappa shape index (κ2) is 4.25. The molecule has 0 aromatic heterocycles. The van der Waals surface area contributed by atoms with Crippen LogP contribution < -0.4 is 0 Å². The third kappa shape index (κ3) is 2.74. The lowest BCUT2D eigenvalue weighted by Crippen LogP contribution is -2.07. The molecule has 0 saturated carbocycles. The molecule has 0 heterocycles. The van der Waals surface area contributed by atoms with Gasteiger partial charge in [-0.2, -0.15) is 13.2 Å². The first kappa shape index (κ1) is 12.1. The lowest BCUT2D eigenvalue weighted by molar-refractivity contribution is -0.137. The summed E-state index contributed by atoms with van der Waals surface area (Å²) < 4.78 is 37.4. The van der Waals surface area contributed by atoms with Gasteiger partial charge in [-0.15, -0.1) is 0 Å². The van der Waals surface area contributed by atoms with Crippen molar-refractivity contribution in [1.29, 1.82) is 0 Å². The molecule has 84 valence electrons. The Morgan fingerprint density at radius 3 is 2.20 bits per heavy atom. The molecule has 0 unspecified atom stereocenters. The number of hydrogen-bond donors (Lipinski definition) is 0. The normalized spacial score (nSPS) is 12.2. The smallest absolute Gasteiger partial charge is 0.166 e. The zero-order valence-corrected chi connectivity index (χ0v) is 9.15. The van der Waals surface area contributed by atoms with Crippen molar-refractivity contribution in [2.45, 2.75) is 39.3 Å². The summed E-state index contributed by atoms with van der Waals surface area (Å²) >= 11 is 0. The van der Waals surface area contributed by atoms with Crippen LogP contribution in [0.4, 0.5) is 13.2 Å². The maximum absolute atomic E-state index is 12.5. The van der Waals surface area contributed by atoms with Crippen LogP contribution in [0.2, 0.25) is 0 Å². The molecule has 3 heteroatoms. The largest absolute Gasteiger partial charge is 0.416 e. The summed E-state index contributed by atoms with van der Waals surface area (Å²) in [5, 5.41) is 0. The Kier molecular flexibility index (Phi) is 3.42. The van der Waals surface area contributed by atoms with Crippen LogP contribution >= 0.6 is 0 Å². The van der Waals surface area contributed by atoms with Crippen LogP contribution in [-0.4, -0.2) is 0 Å². The zero-order chi connectivity index (χ0) is 11.6. The monoisotopic (exact) mass is 216 g/mol. The van der Waals surface area contributed by atoms with Crippen LogP contribution in [0, 0.1) is 0 Å². The molecule has 0 fully saturated rings. The number of aryl methyl sites for hydroxylation is 1. The van der Waals surface area contributed by atoms with E-state index in [1.807, 2.05) is 20.8 Å². The van der Waals surface area contributed by atoms with E-state index in [-0.39, 0.29) is 5.92 Å². The fourth-order valence-electron chi connectivity index (χ4n) is 1.63. The average molecular weight is 216 g/mol. The van der Waals surface area contributed by atoms with E-state index in [1.54, 1.807) is 6.07 Å². The molecule has 0 saturated heterocycles. The minimum Gasteiger partial charge on any atom is -0.166 e. The number of halogens is 3. The minimum atomic E-state index is -4.24. The number of alkyl halides is 3. The van der Waals surface area contributed by atoms with Gasteiger partial charge < -0.3 is 0 Å². The molecule has 0 spiro atoms. The van der Waals surface area contributed by atoms with E-state index in [9.17, 15) is 13.2 Å². The van der Waals surface area contributed by atoms with Gasteiger partial charge in [0.15, 0.2) is 0 Å². The van der Waals surface area contributed by atoms with Crippen LogP contribution in [0.1, 0.15) is 43.4 Å². The summed E-state index contributed by atoms with van der Waals surface area (Å²) in [5.41, 5.74) is 1.24. The van der Waals surface area contributed by atoms with Crippen molar-refractivity contribution >= 4 is 0 Å². The summed E-state index contributed by atoms with van der Waals surface area (Å²) in [5.74, 6) is 0.127. The predicted molar refractivity (Wildman–Crippen MR) is 54.9 cm³/mol. The molecule has 1 aromatic rings. The van der Waals surface area contributed by atoms with Gasteiger partial charge in [0.2, 0.25) is 0 Å². The number of benzene rings is 1. The third-order valence-corrected chi connectivity index (χ3v) is 2.48. The van der Waals surface area contributed by atoms with Crippen LogP contribution in [0.15, 0.2) is 18.2 Å². The fraction of sp³-hybridized carbons (Fsp3) is 0.500. The number of hydrogen-bond acceptors (Lipinski definition) is 0. The Morgan fingerprint density at radius 2 is 1.80 bits per heavy atom. The maximum Gasteiger partial charge on any atom is 0.416 e. The third-order valence-electron chi connectivity index (χ3n) is 2.48. The predicted octanol–water partition coefficient (Wildman–Crippen LogP) is 4.39. The summed E-state index contributed by atoms with van der Waals surface area (Å²) in [6, 6.07) is 4.01. The second-order valence-corrected chi connectivity index (χ2v) is 3.92. The minimum absolute atomic E-state index is 0.127. The van der Waals surface area contributed by atoms with Gasteiger partial charge in [-0.3, -0.25) is 0 Å². The molecule has 0 nitrogen and oxygen atoms in total. The van der Waals surface area contributed by atoms with Crippen molar-refractivity contribution in [1.82, 2.24) is 0 Å². The van der Waals surface area contributed by atoms with Gasteiger partial charge in [-0.1, -0.05) is 26.8 Å². The molecule has 0 aliphatic heterocycles. The van der Waals surface area contributed by atoms with Gasteiger partial charge >= 0.3 is 6.18 Å². The van der Waals surface area contributed by atoms with Crippen LogP contribution in [0.3, 0.4) is 0 Å². The van der Waals surface area contributed by atoms with Crippen LogP contribution in [-0.2, 0) is 12.6 Å². The Labute approximate surface area is 88.1 Å². The molecule has 0 amide bonds. The van der Waals surface area contributed by atoms with E-state index in [1.165, 1.54) is 6.07 Å². The SMILES string of the molecule is CCc1ccc(C(F)(F)F)cc1C(C)C. The standard InChI is InChI=1S/C12H15F3/c1-4-9-5-6-10(12(13,14)15)7-11(9)8(2)3/h5-8H,4H2,1-3H3. The summed E-state index contributed by atoms with van der Waals surface area (Å²) in [6.45, 7) is 5.78. The van der Waals surface area contributed by atoms with Crippen molar-refractivity contribution in [2.75, 3.05) is 0 Å². The van der Waals surface area contributed by atoms with E-state index in [2.05, 4.69) is 0 Å². The molecule has 0 aliphatic rings. The molecule has 0 atom stereocenters. The van der Waals surface area contributed by atoms with Crippen molar-refractivity contribution < 1.29 is 13.2 Å². The van der Waals surface area contributed by atoms with E-state index < -0.39 is 11.7 Å². The lowest BCUT2D eigenvalue weighted by Gasteiger charge is -2.15. The van der Waals surface area contributed by atoms with E-state index in [0.717, 1.165) is 23.6 Å². The zero-order valence-electron chi connectivity index (χ0n) is 9.15. The molecule has 0 N–H and O–H groups in total. The Hall–Kier alpha value is -0.990. The molecule has 0 radical (unpaired) electrons. The summed E-state index contributed by atoms with van der Waals surface area (Å²) in [6.07, 6.45) is -3.47. The molecular weight excluding hydrogens is 201 g/mol. The molecule has 15 heavy (non-hydrogen) atoms. The van der Waals surface area contributed by atoms with E-state index in [0.29, 0.717) is 0 Å². The van der Waals surface area contributed by atoms with Gasteiger partial charge in [0.25, 0.3) is 0 Å². The molecule has 0 bridgehead atoms. The molecular formula is C12H15F3. The Bertz CT molecular complexity index is 337. The van der Waals surface area contributed by atoms with Crippen molar-refractivity contribution in [3.63, 3.8) is 0 Å². The Balaban J connectivity index is 3.22. The van der Waals surface area contributed by atoms with Crippen molar-refractivity contribution in [3.05, 3.63) is 34.9 Å². The van der Waals surface area contributed by atoms with Crippen LogP contribution in [0.25, 0.3) is 0 Å². The highest BCUT2D eigenvalue weighted by molar-refractivity contribution is 5.35. The summed E-state index contributed by atoms with van der Waals surface area (Å²) in [4.78, 5) is 0. The van der Waals surface area contributed by atoms with Gasteiger partial charge in [0.1, 0.15) is 0 Å². The first-order chi connectivity index (χ1) is 6.86. The van der Waals surface area contributed by atoms with Crippen LogP contribution in [0.5, 0.6) is 0 Å².